The minimum Gasteiger partial charge on any atom is -0.489 e. The second kappa shape index (κ2) is 10.1. The van der Waals surface area contributed by atoms with E-state index in [0.717, 1.165) is 59.0 Å². The minimum atomic E-state index is 0.492. The fourth-order valence-corrected chi connectivity index (χ4v) is 3.89. The van der Waals surface area contributed by atoms with Gasteiger partial charge in [-0.1, -0.05) is 47.5 Å². The number of anilines is 2. The van der Waals surface area contributed by atoms with Gasteiger partial charge in [0.05, 0.1) is 23.9 Å². The third-order valence-electron chi connectivity index (χ3n) is 5.01. The molecular weight excluding hydrogens is 419 g/mol. The minimum absolute atomic E-state index is 0.492. The Hall–Kier alpha value is -2.40. The van der Waals surface area contributed by atoms with Crippen LogP contribution in [-0.4, -0.2) is 26.3 Å². The van der Waals surface area contributed by atoms with Crippen LogP contribution in [0.1, 0.15) is 11.1 Å². The second-order valence-electron chi connectivity index (χ2n) is 7.18. The maximum absolute atomic E-state index is 6.51. The summed E-state index contributed by atoms with van der Waals surface area (Å²) >= 11 is 12.5. The van der Waals surface area contributed by atoms with Gasteiger partial charge in [0.25, 0.3) is 0 Å². The van der Waals surface area contributed by atoms with Crippen molar-refractivity contribution in [2.75, 3.05) is 36.5 Å². The van der Waals surface area contributed by atoms with Crippen LogP contribution in [0.3, 0.4) is 0 Å². The maximum Gasteiger partial charge on any atom is 0.119 e. The number of nitrogens with zero attached hydrogens (tertiary/aromatic N) is 1. The molecule has 1 N–H and O–H groups in total. The highest BCUT2D eigenvalue weighted by molar-refractivity contribution is 6.33. The molecule has 4 nitrogen and oxygen atoms in total. The SMILES string of the molecule is Clc1cccc(COc2ccc(CNc3ccc(N4CCOCC4)c(Cl)c3)cc2)c1. The molecule has 0 atom stereocenters. The van der Waals surface area contributed by atoms with E-state index in [1.54, 1.807) is 0 Å². The average molecular weight is 443 g/mol. The smallest absolute Gasteiger partial charge is 0.119 e. The molecule has 0 aliphatic carbocycles. The quantitative estimate of drug-likeness (QED) is 0.484. The molecule has 1 aliphatic rings. The van der Waals surface area contributed by atoms with Gasteiger partial charge in [-0.15, -0.1) is 0 Å². The molecule has 3 aromatic rings. The molecule has 1 heterocycles. The van der Waals surface area contributed by atoms with Crippen molar-refractivity contribution in [1.82, 2.24) is 0 Å². The van der Waals surface area contributed by atoms with Crippen molar-refractivity contribution in [1.29, 1.82) is 0 Å². The lowest BCUT2D eigenvalue weighted by molar-refractivity contribution is 0.122. The van der Waals surface area contributed by atoms with Crippen molar-refractivity contribution in [3.8, 4) is 5.75 Å². The molecule has 0 spiro atoms. The lowest BCUT2D eigenvalue weighted by Crippen LogP contribution is -2.36. The Labute approximate surface area is 187 Å². The summed E-state index contributed by atoms with van der Waals surface area (Å²) in [6.45, 7) is 4.44. The van der Waals surface area contributed by atoms with Gasteiger partial charge in [0.15, 0.2) is 0 Å². The molecule has 30 heavy (non-hydrogen) atoms. The van der Waals surface area contributed by atoms with E-state index >= 15 is 0 Å². The molecule has 0 amide bonds. The summed E-state index contributed by atoms with van der Waals surface area (Å²) in [4.78, 5) is 2.26. The molecule has 6 heteroatoms. The van der Waals surface area contributed by atoms with Crippen molar-refractivity contribution in [2.45, 2.75) is 13.2 Å². The first-order valence-corrected chi connectivity index (χ1v) is 10.8. The van der Waals surface area contributed by atoms with E-state index in [-0.39, 0.29) is 0 Å². The van der Waals surface area contributed by atoms with Crippen LogP contribution in [0.4, 0.5) is 11.4 Å². The molecule has 0 unspecified atom stereocenters. The van der Waals surface area contributed by atoms with Crippen LogP contribution >= 0.6 is 23.2 Å². The third kappa shape index (κ3) is 5.60. The standard InChI is InChI=1S/C24H24Cl2N2O2/c25-20-3-1-2-19(14-20)17-30-22-7-4-18(5-8-22)16-27-21-6-9-24(23(26)15-21)28-10-12-29-13-11-28/h1-9,14-15,27H,10-13,16-17H2. The van der Waals surface area contributed by atoms with Crippen molar-refractivity contribution in [3.63, 3.8) is 0 Å². The first-order chi connectivity index (χ1) is 14.7. The second-order valence-corrected chi connectivity index (χ2v) is 8.03. The Bertz CT molecular complexity index is 973. The number of ether oxygens (including phenoxy) is 2. The predicted octanol–water partition coefficient (Wildman–Crippen LogP) is 6.02. The first kappa shape index (κ1) is 20.9. The molecule has 0 radical (unpaired) electrons. The summed E-state index contributed by atoms with van der Waals surface area (Å²) in [5.41, 5.74) is 4.27. The van der Waals surface area contributed by atoms with Gasteiger partial charge < -0.3 is 19.7 Å². The van der Waals surface area contributed by atoms with Crippen LogP contribution < -0.4 is 15.0 Å². The fraction of sp³-hybridized carbons (Fsp3) is 0.250. The van der Waals surface area contributed by atoms with Gasteiger partial charge in [-0.05, 0) is 53.6 Å². The molecule has 1 fully saturated rings. The van der Waals surface area contributed by atoms with Gasteiger partial charge in [-0.25, -0.2) is 0 Å². The topological polar surface area (TPSA) is 33.7 Å². The zero-order valence-electron chi connectivity index (χ0n) is 16.6. The Morgan fingerprint density at radius 2 is 1.70 bits per heavy atom. The van der Waals surface area contributed by atoms with Crippen molar-refractivity contribution in [2.24, 2.45) is 0 Å². The van der Waals surface area contributed by atoms with Gasteiger partial charge >= 0.3 is 0 Å². The monoisotopic (exact) mass is 442 g/mol. The van der Waals surface area contributed by atoms with Crippen LogP contribution in [0.25, 0.3) is 0 Å². The molecule has 3 aromatic carbocycles. The Morgan fingerprint density at radius 1 is 0.900 bits per heavy atom. The highest BCUT2D eigenvalue weighted by Crippen LogP contribution is 2.29. The normalized spacial score (nSPS) is 13.9. The van der Waals surface area contributed by atoms with E-state index < -0.39 is 0 Å². The van der Waals surface area contributed by atoms with E-state index in [9.17, 15) is 0 Å². The number of rotatable bonds is 7. The van der Waals surface area contributed by atoms with Crippen LogP contribution in [0.5, 0.6) is 5.75 Å². The molecule has 0 saturated carbocycles. The van der Waals surface area contributed by atoms with Crippen molar-refractivity contribution >= 4 is 34.6 Å². The predicted molar refractivity (Wildman–Crippen MR) is 124 cm³/mol. The van der Waals surface area contributed by atoms with E-state index in [1.807, 2.05) is 42.5 Å². The number of hydrogen-bond donors (Lipinski definition) is 1. The molecule has 0 aromatic heterocycles. The lowest BCUT2D eigenvalue weighted by atomic mass is 10.2. The summed E-state index contributed by atoms with van der Waals surface area (Å²) in [5.74, 6) is 0.830. The largest absolute Gasteiger partial charge is 0.489 e. The maximum atomic E-state index is 6.51. The molecule has 1 aliphatic heterocycles. The Balaban J connectivity index is 1.30. The highest BCUT2D eigenvalue weighted by Gasteiger charge is 2.14. The van der Waals surface area contributed by atoms with E-state index in [1.165, 1.54) is 5.56 Å². The van der Waals surface area contributed by atoms with Gasteiger partial charge in [-0.2, -0.15) is 0 Å². The summed E-state index contributed by atoms with van der Waals surface area (Å²) in [6.07, 6.45) is 0. The number of hydrogen-bond acceptors (Lipinski definition) is 4. The average Bonchev–Trinajstić information content (AvgIpc) is 2.78. The van der Waals surface area contributed by atoms with Crippen LogP contribution in [0.15, 0.2) is 66.7 Å². The number of benzene rings is 3. The molecular formula is C24H24Cl2N2O2. The van der Waals surface area contributed by atoms with Gasteiger partial charge in [0.1, 0.15) is 12.4 Å². The number of morpholine rings is 1. The lowest BCUT2D eigenvalue weighted by Gasteiger charge is -2.29. The fourth-order valence-electron chi connectivity index (χ4n) is 3.38. The van der Waals surface area contributed by atoms with Crippen LogP contribution in [-0.2, 0) is 17.9 Å². The van der Waals surface area contributed by atoms with E-state index in [4.69, 9.17) is 32.7 Å². The van der Waals surface area contributed by atoms with Gasteiger partial charge in [-0.3, -0.25) is 0 Å². The Kier molecular flexibility index (Phi) is 7.00. The zero-order chi connectivity index (χ0) is 20.8. The van der Waals surface area contributed by atoms with E-state index in [2.05, 4.69) is 34.5 Å². The summed E-state index contributed by atoms with van der Waals surface area (Å²) in [5, 5.41) is 4.91. The van der Waals surface area contributed by atoms with Gasteiger partial charge in [0.2, 0.25) is 0 Å². The third-order valence-corrected chi connectivity index (χ3v) is 5.55. The zero-order valence-corrected chi connectivity index (χ0v) is 18.1. The van der Waals surface area contributed by atoms with Gasteiger partial charge in [0, 0.05) is 30.3 Å². The summed E-state index contributed by atoms with van der Waals surface area (Å²) in [7, 11) is 0. The summed E-state index contributed by atoms with van der Waals surface area (Å²) in [6, 6.07) is 21.9. The first-order valence-electron chi connectivity index (χ1n) is 10.00. The molecule has 1 saturated heterocycles. The Morgan fingerprint density at radius 3 is 2.43 bits per heavy atom. The number of nitrogens with one attached hydrogen (secondary N) is 1. The molecule has 0 bridgehead atoms. The summed E-state index contributed by atoms with van der Waals surface area (Å²) < 4.78 is 11.3. The number of halogens is 2. The van der Waals surface area contributed by atoms with Crippen molar-refractivity contribution in [3.05, 3.63) is 87.9 Å². The van der Waals surface area contributed by atoms with Crippen LogP contribution in [0, 0.1) is 0 Å². The van der Waals surface area contributed by atoms with Crippen LogP contribution in [0.2, 0.25) is 10.0 Å². The molecule has 4 rings (SSSR count). The molecule has 156 valence electrons. The highest BCUT2D eigenvalue weighted by atomic mass is 35.5. The van der Waals surface area contributed by atoms with E-state index in [0.29, 0.717) is 13.2 Å². The van der Waals surface area contributed by atoms with Crippen molar-refractivity contribution < 1.29 is 9.47 Å².